The molecule has 1 radical (unpaired) electrons. The Morgan fingerprint density at radius 2 is 1.59 bits per heavy atom. The number of piperidine rings is 1. The number of benzene rings is 2. The molecule has 1 fully saturated rings. The maximum Gasteiger partial charge on any atom is 0.258 e. The third-order valence-corrected chi connectivity index (χ3v) is 6.06. The molecular formula is C18H16F3N2O3S. The van der Waals surface area contributed by atoms with Gasteiger partial charge in [-0.2, -0.15) is 4.31 Å². The number of rotatable bonds is 4. The van der Waals surface area contributed by atoms with Crippen LogP contribution in [-0.4, -0.2) is 31.7 Å². The van der Waals surface area contributed by atoms with E-state index in [4.69, 9.17) is 0 Å². The van der Waals surface area contributed by atoms with Gasteiger partial charge in [0, 0.05) is 24.8 Å². The highest BCUT2D eigenvalue weighted by atomic mass is 32.2. The number of nitrogens with one attached hydrogen (secondary N) is 1. The van der Waals surface area contributed by atoms with Crippen LogP contribution in [0.4, 0.5) is 18.9 Å². The zero-order valence-corrected chi connectivity index (χ0v) is 14.9. The van der Waals surface area contributed by atoms with Crippen LogP contribution in [-0.2, 0) is 10.0 Å². The molecule has 0 unspecified atom stereocenters. The average molecular weight is 397 g/mol. The summed E-state index contributed by atoms with van der Waals surface area (Å²) in [5.74, 6) is -4.17. The van der Waals surface area contributed by atoms with Gasteiger partial charge in [0.25, 0.3) is 5.91 Å². The van der Waals surface area contributed by atoms with E-state index >= 15 is 0 Å². The van der Waals surface area contributed by atoms with Crippen LogP contribution < -0.4 is 5.32 Å². The Morgan fingerprint density at radius 1 is 0.926 bits per heavy atom. The van der Waals surface area contributed by atoms with E-state index in [1.165, 1.54) is 4.31 Å². The summed E-state index contributed by atoms with van der Waals surface area (Å²) in [5, 5.41) is 2.23. The summed E-state index contributed by atoms with van der Waals surface area (Å²) in [5.41, 5.74) is -0.595. The van der Waals surface area contributed by atoms with Gasteiger partial charge in [0.15, 0.2) is 11.6 Å². The molecule has 0 spiro atoms. The van der Waals surface area contributed by atoms with Crippen molar-refractivity contribution in [1.29, 1.82) is 0 Å². The molecule has 3 rings (SSSR count). The van der Waals surface area contributed by atoms with Crippen molar-refractivity contribution in [3.8, 4) is 0 Å². The van der Waals surface area contributed by atoms with Crippen LogP contribution in [0.5, 0.6) is 0 Å². The number of hydrogen-bond acceptors (Lipinski definition) is 3. The summed E-state index contributed by atoms with van der Waals surface area (Å²) < 4.78 is 66.9. The fourth-order valence-electron chi connectivity index (χ4n) is 2.73. The van der Waals surface area contributed by atoms with Gasteiger partial charge < -0.3 is 5.32 Å². The van der Waals surface area contributed by atoms with Gasteiger partial charge in [-0.15, -0.1) is 0 Å². The first kappa shape index (κ1) is 19.4. The first-order chi connectivity index (χ1) is 12.8. The Kier molecular flexibility index (Phi) is 5.52. The van der Waals surface area contributed by atoms with Crippen molar-refractivity contribution in [2.75, 3.05) is 18.4 Å². The Morgan fingerprint density at radius 3 is 2.26 bits per heavy atom. The second-order valence-corrected chi connectivity index (χ2v) is 7.93. The van der Waals surface area contributed by atoms with E-state index in [2.05, 4.69) is 5.32 Å². The monoisotopic (exact) mass is 397 g/mol. The maximum absolute atomic E-state index is 14.1. The SMILES string of the molecule is O=C(Nc1ccc(F)c(F)c1)c1cc(S(=O)(=O)N2CC[CH]CC2)ccc1F. The van der Waals surface area contributed by atoms with E-state index in [1.54, 1.807) is 0 Å². The third-order valence-electron chi connectivity index (χ3n) is 4.16. The highest BCUT2D eigenvalue weighted by Crippen LogP contribution is 2.23. The molecule has 1 heterocycles. The van der Waals surface area contributed by atoms with Crippen molar-refractivity contribution in [1.82, 2.24) is 4.31 Å². The second kappa shape index (κ2) is 7.69. The van der Waals surface area contributed by atoms with E-state index in [-0.39, 0.29) is 10.6 Å². The fraction of sp³-hybridized carbons (Fsp3) is 0.222. The summed E-state index contributed by atoms with van der Waals surface area (Å²) >= 11 is 0. The van der Waals surface area contributed by atoms with Crippen LogP contribution in [0, 0.1) is 23.9 Å². The number of halogens is 3. The molecule has 0 saturated carbocycles. The van der Waals surface area contributed by atoms with E-state index in [0.29, 0.717) is 25.9 Å². The molecule has 143 valence electrons. The quantitative estimate of drug-likeness (QED) is 0.861. The molecule has 1 N–H and O–H groups in total. The third kappa shape index (κ3) is 4.14. The number of anilines is 1. The number of amides is 1. The zero-order valence-electron chi connectivity index (χ0n) is 14.1. The van der Waals surface area contributed by atoms with Crippen molar-refractivity contribution >= 4 is 21.6 Å². The molecule has 9 heteroatoms. The zero-order chi connectivity index (χ0) is 19.6. The van der Waals surface area contributed by atoms with Crippen LogP contribution in [0.15, 0.2) is 41.3 Å². The van der Waals surface area contributed by atoms with Crippen LogP contribution in [0.2, 0.25) is 0 Å². The highest BCUT2D eigenvalue weighted by Gasteiger charge is 2.27. The second-order valence-electron chi connectivity index (χ2n) is 5.99. The molecule has 0 atom stereocenters. The first-order valence-corrected chi connectivity index (χ1v) is 9.61. The summed E-state index contributed by atoms with van der Waals surface area (Å²) in [7, 11) is -3.86. The minimum absolute atomic E-state index is 0.0851. The summed E-state index contributed by atoms with van der Waals surface area (Å²) in [6.45, 7) is 0.631. The van der Waals surface area contributed by atoms with Crippen LogP contribution in [0.1, 0.15) is 23.2 Å². The van der Waals surface area contributed by atoms with Crippen LogP contribution >= 0.6 is 0 Å². The van der Waals surface area contributed by atoms with Crippen molar-refractivity contribution in [2.24, 2.45) is 0 Å². The van der Waals surface area contributed by atoms with Gasteiger partial charge in [0.2, 0.25) is 10.0 Å². The van der Waals surface area contributed by atoms with Crippen LogP contribution in [0.25, 0.3) is 0 Å². The Balaban J connectivity index is 1.88. The van der Waals surface area contributed by atoms with E-state index < -0.39 is 38.9 Å². The number of sulfonamides is 1. The van der Waals surface area contributed by atoms with E-state index in [0.717, 1.165) is 36.4 Å². The van der Waals surface area contributed by atoms with Gasteiger partial charge in [-0.3, -0.25) is 4.79 Å². The van der Waals surface area contributed by atoms with E-state index in [9.17, 15) is 26.4 Å². The van der Waals surface area contributed by atoms with Gasteiger partial charge in [0.05, 0.1) is 10.5 Å². The Bertz CT molecular complexity index is 974. The van der Waals surface area contributed by atoms with E-state index in [1.807, 2.05) is 6.42 Å². The van der Waals surface area contributed by atoms with Gasteiger partial charge in [-0.1, -0.05) is 0 Å². The number of carbonyl (C=O) groups excluding carboxylic acids is 1. The molecular weight excluding hydrogens is 381 g/mol. The lowest BCUT2D eigenvalue weighted by atomic mass is 10.2. The Hall–Kier alpha value is -2.39. The molecule has 0 aliphatic carbocycles. The average Bonchev–Trinajstić information content (AvgIpc) is 2.65. The predicted molar refractivity (Wildman–Crippen MR) is 93.0 cm³/mol. The molecule has 1 saturated heterocycles. The fourth-order valence-corrected chi connectivity index (χ4v) is 4.22. The summed E-state index contributed by atoms with van der Waals surface area (Å²) in [4.78, 5) is 12.1. The lowest BCUT2D eigenvalue weighted by Crippen LogP contribution is -2.35. The first-order valence-electron chi connectivity index (χ1n) is 8.17. The molecule has 5 nitrogen and oxygen atoms in total. The summed E-state index contributed by atoms with van der Waals surface area (Å²) in [6, 6.07) is 5.60. The predicted octanol–water partition coefficient (Wildman–Crippen LogP) is 3.34. The number of hydrogen-bond donors (Lipinski definition) is 1. The van der Waals surface area contributed by atoms with Gasteiger partial charge in [0.1, 0.15) is 5.82 Å². The largest absolute Gasteiger partial charge is 0.322 e. The molecule has 0 aromatic heterocycles. The molecule has 2 aromatic carbocycles. The molecule has 1 aliphatic heterocycles. The summed E-state index contributed by atoms with van der Waals surface area (Å²) in [6.07, 6.45) is 3.21. The number of carbonyl (C=O) groups is 1. The van der Waals surface area contributed by atoms with Gasteiger partial charge >= 0.3 is 0 Å². The maximum atomic E-state index is 14.1. The molecule has 1 amide bonds. The van der Waals surface area contributed by atoms with Crippen molar-refractivity contribution in [2.45, 2.75) is 17.7 Å². The standard InChI is InChI=1S/C18H16F3N2O3S/c19-15-7-5-13(27(25,26)23-8-2-1-3-9-23)11-14(15)18(24)22-12-4-6-16(20)17(21)10-12/h1,4-7,10-11H,2-3,8-9H2,(H,22,24). The van der Waals surface area contributed by atoms with Gasteiger partial charge in [-0.25, -0.2) is 21.6 Å². The van der Waals surface area contributed by atoms with Crippen molar-refractivity contribution in [3.63, 3.8) is 0 Å². The van der Waals surface area contributed by atoms with Gasteiger partial charge in [-0.05, 0) is 49.6 Å². The molecule has 27 heavy (non-hydrogen) atoms. The Labute approximate surface area is 154 Å². The minimum atomic E-state index is -3.86. The van der Waals surface area contributed by atoms with Crippen LogP contribution in [0.3, 0.4) is 0 Å². The highest BCUT2D eigenvalue weighted by molar-refractivity contribution is 7.89. The number of nitrogens with zero attached hydrogens (tertiary/aromatic N) is 1. The molecule has 1 aliphatic rings. The minimum Gasteiger partial charge on any atom is -0.322 e. The topological polar surface area (TPSA) is 66.5 Å². The smallest absolute Gasteiger partial charge is 0.258 e. The lowest BCUT2D eigenvalue weighted by Gasteiger charge is -2.25. The van der Waals surface area contributed by atoms with Crippen molar-refractivity contribution in [3.05, 3.63) is 65.8 Å². The molecule has 2 aromatic rings. The van der Waals surface area contributed by atoms with Crippen molar-refractivity contribution < 1.29 is 26.4 Å². The molecule has 0 bridgehead atoms. The lowest BCUT2D eigenvalue weighted by molar-refractivity contribution is 0.102. The normalized spacial score (nSPS) is 15.5.